The Morgan fingerprint density at radius 1 is 1.50 bits per heavy atom. The fourth-order valence-electron chi connectivity index (χ4n) is 2.75. The van der Waals surface area contributed by atoms with Crippen LogP contribution in [0, 0.1) is 5.92 Å². The highest BCUT2D eigenvalue weighted by molar-refractivity contribution is 5.82. The molecule has 102 valence electrons. The second-order valence-corrected chi connectivity index (χ2v) is 4.99. The van der Waals surface area contributed by atoms with Crippen LogP contribution in [0.2, 0.25) is 0 Å². The van der Waals surface area contributed by atoms with Crippen molar-refractivity contribution >= 4 is 11.8 Å². The van der Waals surface area contributed by atoms with Gasteiger partial charge in [-0.2, -0.15) is 0 Å². The van der Waals surface area contributed by atoms with Gasteiger partial charge in [-0.25, -0.2) is 0 Å². The Labute approximate surface area is 108 Å². The van der Waals surface area contributed by atoms with Crippen molar-refractivity contribution < 1.29 is 14.3 Å². The highest BCUT2D eigenvalue weighted by Crippen LogP contribution is 2.25. The van der Waals surface area contributed by atoms with Crippen molar-refractivity contribution in [1.82, 2.24) is 10.2 Å². The van der Waals surface area contributed by atoms with E-state index in [1.165, 1.54) is 0 Å². The van der Waals surface area contributed by atoms with E-state index in [9.17, 15) is 9.59 Å². The zero-order chi connectivity index (χ0) is 13.0. The number of amides is 2. The molecule has 5 nitrogen and oxygen atoms in total. The molecule has 0 spiro atoms. The minimum atomic E-state index is -0.0167. The fraction of sp³-hybridized carbons (Fsp3) is 0.846. The summed E-state index contributed by atoms with van der Waals surface area (Å²) in [6.07, 6.45) is 3.21. The van der Waals surface area contributed by atoms with Crippen LogP contribution in [0.25, 0.3) is 0 Å². The lowest BCUT2D eigenvalue weighted by molar-refractivity contribution is -0.145. The Morgan fingerprint density at radius 2 is 2.33 bits per heavy atom. The summed E-state index contributed by atoms with van der Waals surface area (Å²) in [4.78, 5) is 25.6. The van der Waals surface area contributed by atoms with Crippen LogP contribution in [0.4, 0.5) is 0 Å². The number of nitrogens with zero attached hydrogens (tertiary/aromatic N) is 1. The van der Waals surface area contributed by atoms with Crippen LogP contribution >= 0.6 is 0 Å². The van der Waals surface area contributed by atoms with E-state index < -0.39 is 0 Å². The SMILES string of the molecule is CC[C@@H]1OCCC[C@H]1C(=O)N1CCNC(=O)CC1. The normalized spacial score (nSPS) is 29.6. The summed E-state index contributed by atoms with van der Waals surface area (Å²) in [5, 5.41) is 2.79. The van der Waals surface area contributed by atoms with Crippen molar-refractivity contribution in [2.24, 2.45) is 5.92 Å². The van der Waals surface area contributed by atoms with Crippen LogP contribution in [0.5, 0.6) is 0 Å². The Morgan fingerprint density at radius 3 is 3.11 bits per heavy atom. The van der Waals surface area contributed by atoms with E-state index in [-0.39, 0.29) is 23.8 Å². The lowest BCUT2D eigenvalue weighted by Gasteiger charge is -2.33. The second-order valence-electron chi connectivity index (χ2n) is 4.99. The van der Waals surface area contributed by atoms with Crippen LogP contribution in [-0.4, -0.2) is 49.1 Å². The lowest BCUT2D eigenvalue weighted by atomic mass is 9.91. The molecular weight excluding hydrogens is 232 g/mol. The molecular formula is C13H22N2O3. The molecule has 2 aliphatic heterocycles. The molecule has 2 rings (SSSR count). The highest BCUT2D eigenvalue weighted by atomic mass is 16.5. The highest BCUT2D eigenvalue weighted by Gasteiger charge is 2.34. The van der Waals surface area contributed by atoms with E-state index in [1.807, 2.05) is 4.90 Å². The second kappa shape index (κ2) is 6.18. The maximum Gasteiger partial charge on any atom is 0.228 e. The monoisotopic (exact) mass is 254 g/mol. The number of ether oxygens (including phenoxy) is 1. The molecule has 2 heterocycles. The van der Waals surface area contributed by atoms with Crippen LogP contribution in [-0.2, 0) is 14.3 Å². The van der Waals surface area contributed by atoms with Gasteiger partial charge in [0.1, 0.15) is 0 Å². The smallest absolute Gasteiger partial charge is 0.228 e. The molecule has 2 saturated heterocycles. The van der Waals surface area contributed by atoms with Crippen molar-refractivity contribution in [2.75, 3.05) is 26.2 Å². The van der Waals surface area contributed by atoms with Gasteiger partial charge >= 0.3 is 0 Å². The van der Waals surface area contributed by atoms with Crippen molar-refractivity contribution in [3.05, 3.63) is 0 Å². The minimum Gasteiger partial charge on any atom is -0.377 e. The summed E-state index contributed by atoms with van der Waals surface area (Å²) in [5.74, 6) is 0.187. The fourth-order valence-corrected chi connectivity index (χ4v) is 2.75. The zero-order valence-electron chi connectivity index (χ0n) is 11.0. The molecule has 0 aromatic rings. The molecule has 0 bridgehead atoms. The van der Waals surface area contributed by atoms with E-state index in [0.29, 0.717) is 26.1 Å². The van der Waals surface area contributed by atoms with Gasteiger partial charge in [0.25, 0.3) is 0 Å². The summed E-state index contributed by atoms with van der Waals surface area (Å²) in [5.41, 5.74) is 0. The Hall–Kier alpha value is -1.10. The number of carbonyl (C=O) groups is 2. The Balaban J connectivity index is 1.98. The minimum absolute atomic E-state index is 0.0167. The summed E-state index contributed by atoms with van der Waals surface area (Å²) in [6, 6.07) is 0. The standard InChI is InChI=1S/C13H22N2O3/c1-2-11-10(4-3-9-18-11)13(17)15-7-5-12(16)14-6-8-15/h10-11H,2-9H2,1H3,(H,14,16)/t10-,11+/m1/s1. The first-order chi connectivity index (χ1) is 8.72. The number of hydrogen-bond acceptors (Lipinski definition) is 3. The van der Waals surface area contributed by atoms with Gasteiger partial charge in [-0.05, 0) is 19.3 Å². The Kier molecular flexibility index (Phi) is 4.58. The van der Waals surface area contributed by atoms with E-state index in [0.717, 1.165) is 25.9 Å². The van der Waals surface area contributed by atoms with Gasteiger partial charge in [-0.1, -0.05) is 6.92 Å². The quantitative estimate of drug-likeness (QED) is 0.782. The average molecular weight is 254 g/mol. The Bertz CT molecular complexity index is 319. The third kappa shape index (κ3) is 3.02. The van der Waals surface area contributed by atoms with Crippen molar-refractivity contribution in [3.63, 3.8) is 0 Å². The molecule has 1 N–H and O–H groups in total. The molecule has 0 unspecified atom stereocenters. The third-order valence-electron chi connectivity index (χ3n) is 3.78. The van der Waals surface area contributed by atoms with Crippen LogP contribution in [0.3, 0.4) is 0 Å². The number of rotatable bonds is 2. The lowest BCUT2D eigenvalue weighted by Crippen LogP contribution is -2.45. The molecule has 2 atom stereocenters. The van der Waals surface area contributed by atoms with Crippen LogP contribution in [0.1, 0.15) is 32.6 Å². The summed E-state index contributed by atoms with van der Waals surface area (Å²) < 4.78 is 5.67. The first kappa shape index (κ1) is 13.3. The molecule has 0 aromatic heterocycles. The molecule has 0 saturated carbocycles. The van der Waals surface area contributed by atoms with Gasteiger partial charge in [-0.15, -0.1) is 0 Å². The van der Waals surface area contributed by atoms with E-state index >= 15 is 0 Å². The van der Waals surface area contributed by atoms with Gasteiger partial charge in [0.05, 0.1) is 12.0 Å². The van der Waals surface area contributed by atoms with Gasteiger partial charge < -0.3 is 15.0 Å². The maximum absolute atomic E-state index is 12.5. The summed E-state index contributed by atoms with van der Waals surface area (Å²) in [7, 11) is 0. The number of hydrogen-bond donors (Lipinski definition) is 1. The van der Waals surface area contributed by atoms with Gasteiger partial charge in [0.15, 0.2) is 0 Å². The topological polar surface area (TPSA) is 58.6 Å². The van der Waals surface area contributed by atoms with Gasteiger partial charge in [-0.3, -0.25) is 9.59 Å². The van der Waals surface area contributed by atoms with Crippen molar-refractivity contribution in [3.8, 4) is 0 Å². The van der Waals surface area contributed by atoms with Crippen LogP contribution in [0.15, 0.2) is 0 Å². The van der Waals surface area contributed by atoms with E-state index in [2.05, 4.69) is 12.2 Å². The largest absolute Gasteiger partial charge is 0.377 e. The predicted octanol–water partition coefficient (Wildman–Crippen LogP) is 0.540. The first-order valence-corrected chi connectivity index (χ1v) is 6.89. The predicted molar refractivity (Wildman–Crippen MR) is 67.0 cm³/mol. The van der Waals surface area contributed by atoms with Gasteiger partial charge in [0.2, 0.25) is 11.8 Å². The van der Waals surface area contributed by atoms with Crippen LogP contribution < -0.4 is 5.32 Å². The molecule has 2 fully saturated rings. The molecule has 2 aliphatic rings. The summed E-state index contributed by atoms with van der Waals surface area (Å²) in [6.45, 7) is 4.55. The average Bonchev–Trinajstić information content (AvgIpc) is 2.62. The summed E-state index contributed by atoms with van der Waals surface area (Å²) >= 11 is 0. The zero-order valence-corrected chi connectivity index (χ0v) is 11.0. The molecule has 0 aliphatic carbocycles. The van der Waals surface area contributed by atoms with Gasteiger partial charge in [0, 0.05) is 32.7 Å². The maximum atomic E-state index is 12.5. The van der Waals surface area contributed by atoms with Crippen molar-refractivity contribution in [1.29, 1.82) is 0 Å². The molecule has 2 amide bonds. The molecule has 0 aromatic carbocycles. The van der Waals surface area contributed by atoms with Crippen molar-refractivity contribution in [2.45, 2.75) is 38.7 Å². The first-order valence-electron chi connectivity index (χ1n) is 6.89. The molecule has 18 heavy (non-hydrogen) atoms. The molecule has 5 heteroatoms. The number of carbonyl (C=O) groups excluding carboxylic acids is 2. The van der Waals surface area contributed by atoms with E-state index in [1.54, 1.807) is 0 Å². The molecule has 0 radical (unpaired) electrons. The third-order valence-corrected chi connectivity index (χ3v) is 3.78. The van der Waals surface area contributed by atoms with E-state index in [4.69, 9.17) is 4.74 Å². The number of nitrogens with one attached hydrogen (secondary N) is 1.